The molecule has 2 heterocycles. The Hall–Kier alpha value is -0.480. The van der Waals surface area contributed by atoms with E-state index >= 15 is 0 Å². The Morgan fingerprint density at radius 1 is 1.23 bits per heavy atom. The third kappa shape index (κ3) is 2.25. The molecule has 13 heavy (non-hydrogen) atoms. The zero-order valence-corrected chi connectivity index (χ0v) is 8.81. The highest BCUT2D eigenvalue weighted by Gasteiger charge is 2.13. The fourth-order valence-corrected chi connectivity index (χ4v) is 2.45. The summed E-state index contributed by atoms with van der Waals surface area (Å²) in [6.07, 6.45) is 3.70. The van der Waals surface area contributed by atoms with Gasteiger partial charge in [-0.3, -0.25) is 4.90 Å². The van der Waals surface area contributed by atoms with Crippen molar-refractivity contribution in [3.63, 3.8) is 0 Å². The maximum Gasteiger partial charge on any atom is 0.131 e. The molecule has 1 saturated heterocycles. The first kappa shape index (κ1) is 9.09. The summed E-state index contributed by atoms with van der Waals surface area (Å²) in [5.74, 6) is 0. The lowest BCUT2D eigenvalue weighted by Gasteiger charge is -2.10. The Morgan fingerprint density at radius 3 is 2.54 bits per heavy atom. The maximum atomic E-state index is 4.18. The molecule has 0 saturated carbocycles. The van der Waals surface area contributed by atoms with Gasteiger partial charge >= 0.3 is 0 Å². The minimum absolute atomic E-state index is 1.01. The number of likely N-dealkylation sites (tertiary alicyclic amines) is 1. The average Bonchev–Trinajstić information content (AvgIpc) is 2.76. The second-order valence-electron chi connectivity index (χ2n) is 3.43. The fourth-order valence-electron chi connectivity index (χ4n) is 1.63. The van der Waals surface area contributed by atoms with Crippen LogP contribution in [0.3, 0.4) is 0 Å². The first-order chi connectivity index (χ1) is 6.38. The molecule has 0 aromatic carbocycles. The molecule has 0 atom stereocenters. The third-order valence-electron chi connectivity index (χ3n) is 2.37. The molecule has 0 spiro atoms. The summed E-state index contributed by atoms with van der Waals surface area (Å²) in [5, 5.41) is 10.6. The number of hydrogen-bond donors (Lipinski definition) is 0. The van der Waals surface area contributed by atoms with Crippen molar-refractivity contribution in [2.45, 2.75) is 32.7 Å². The summed E-state index contributed by atoms with van der Waals surface area (Å²) in [6.45, 7) is 5.61. The van der Waals surface area contributed by atoms with Gasteiger partial charge in [-0.2, -0.15) is 0 Å². The van der Waals surface area contributed by atoms with Crippen molar-refractivity contribution < 1.29 is 0 Å². The van der Waals surface area contributed by atoms with Crippen molar-refractivity contribution >= 4 is 11.3 Å². The SMILES string of the molecule is CCc1nnc(CN2CCCC2)s1. The van der Waals surface area contributed by atoms with Gasteiger partial charge < -0.3 is 0 Å². The van der Waals surface area contributed by atoms with E-state index in [4.69, 9.17) is 0 Å². The largest absolute Gasteiger partial charge is 0.297 e. The highest BCUT2D eigenvalue weighted by molar-refractivity contribution is 7.11. The van der Waals surface area contributed by atoms with Gasteiger partial charge in [0.05, 0.1) is 6.54 Å². The molecule has 0 bridgehead atoms. The van der Waals surface area contributed by atoms with Crippen LogP contribution in [0.1, 0.15) is 29.8 Å². The van der Waals surface area contributed by atoms with Gasteiger partial charge in [-0.1, -0.05) is 6.92 Å². The maximum absolute atomic E-state index is 4.18. The van der Waals surface area contributed by atoms with Crippen LogP contribution in [-0.4, -0.2) is 28.2 Å². The summed E-state index contributed by atoms with van der Waals surface area (Å²) in [4.78, 5) is 2.46. The molecule has 0 radical (unpaired) electrons. The van der Waals surface area contributed by atoms with Crippen molar-refractivity contribution in [3.8, 4) is 0 Å². The predicted octanol–water partition coefficient (Wildman–Crippen LogP) is 1.70. The third-order valence-corrected chi connectivity index (χ3v) is 3.42. The molecule has 0 aliphatic carbocycles. The second kappa shape index (κ2) is 4.15. The van der Waals surface area contributed by atoms with Gasteiger partial charge in [-0.05, 0) is 32.4 Å². The van der Waals surface area contributed by atoms with Gasteiger partial charge in [0, 0.05) is 0 Å². The Labute approximate surface area is 82.8 Å². The number of aryl methyl sites for hydroxylation is 1. The zero-order chi connectivity index (χ0) is 9.10. The van der Waals surface area contributed by atoms with Crippen LogP contribution < -0.4 is 0 Å². The smallest absolute Gasteiger partial charge is 0.131 e. The van der Waals surface area contributed by atoms with Crippen molar-refractivity contribution in [3.05, 3.63) is 10.0 Å². The number of hydrogen-bond acceptors (Lipinski definition) is 4. The van der Waals surface area contributed by atoms with Crippen LogP contribution in [0.25, 0.3) is 0 Å². The standard InChI is InChI=1S/C9H15N3S/c1-2-8-10-11-9(13-8)7-12-5-3-4-6-12/h2-7H2,1H3. The van der Waals surface area contributed by atoms with Gasteiger partial charge in [-0.15, -0.1) is 21.5 Å². The fraction of sp³-hybridized carbons (Fsp3) is 0.778. The molecule has 4 heteroatoms. The van der Waals surface area contributed by atoms with Gasteiger partial charge in [0.25, 0.3) is 0 Å². The molecular weight excluding hydrogens is 182 g/mol. The zero-order valence-electron chi connectivity index (χ0n) is 7.99. The van der Waals surface area contributed by atoms with Crippen molar-refractivity contribution in [1.29, 1.82) is 0 Å². The van der Waals surface area contributed by atoms with Crippen LogP contribution in [0, 0.1) is 0 Å². The van der Waals surface area contributed by atoms with E-state index in [1.165, 1.54) is 30.9 Å². The number of aromatic nitrogens is 2. The van der Waals surface area contributed by atoms with E-state index in [0.29, 0.717) is 0 Å². The van der Waals surface area contributed by atoms with Gasteiger partial charge in [0.2, 0.25) is 0 Å². The van der Waals surface area contributed by atoms with E-state index in [1.54, 1.807) is 11.3 Å². The molecule has 1 aliphatic heterocycles. The molecule has 0 N–H and O–H groups in total. The molecule has 3 nitrogen and oxygen atoms in total. The Balaban J connectivity index is 1.92. The van der Waals surface area contributed by atoms with E-state index < -0.39 is 0 Å². The average molecular weight is 197 g/mol. The molecule has 1 fully saturated rings. The van der Waals surface area contributed by atoms with Crippen LogP contribution in [0.15, 0.2) is 0 Å². The van der Waals surface area contributed by atoms with E-state index in [2.05, 4.69) is 22.0 Å². The molecule has 72 valence electrons. The van der Waals surface area contributed by atoms with Crippen LogP contribution >= 0.6 is 11.3 Å². The van der Waals surface area contributed by atoms with E-state index in [0.717, 1.165) is 18.0 Å². The lowest BCUT2D eigenvalue weighted by molar-refractivity contribution is 0.330. The molecule has 1 aliphatic rings. The molecule has 1 aromatic rings. The van der Waals surface area contributed by atoms with E-state index in [9.17, 15) is 0 Å². The molecule has 1 aromatic heterocycles. The van der Waals surface area contributed by atoms with Gasteiger partial charge in [0.15, 0.2) is 0 Å². The molecule has 0 amide bonds. The quantitative estimate of drug-likeness (QED) is 0.738. The van der Waals surface area contributed by atoms with E-state index in [-0.39, 0.29) is 0 Å². The number of rotatable bonds is 3. The minimum atomic E-state index is 1.01. The summed E-state index contributed by atoms with van der Waals surface area (Å²) in [5.41, 5.74) is 0. The first-order valence-electron chi connectivity index (χ1n) is 4.92. The lowest BCUT2D eigenvalue weighted by atomic mass is 10.4. The summed E-state index contributed by atoms with van der Waals surface area (Å²) in [6, 6.07) is 0. The predicted molar refractivity (Wildman–Crippen MR) is 53.8 cm³/mol. The van der Waals surface area contributed by atoms with Crippen LogP contribution in [0.2, 0.25) is 0 Å². The van der Waals surface area contributed by atoms with Crippen molar-refractivity contribution in [1.82, 2.24) is 15.1 Å². The number of nitrogens with zero attached hydrogens (tertiary/aromatic N) is 3. The molecule has 2 rings (SSSR count). The highest BCUT2D eigenvalue weighted by Crippen LogP contribution is 2.15. The Kier molecular flexibility index (Phi) is 2.90. The lowest BCUT2D eigenvalue weighted by Crippen LogP contribution is -2.18. The Bertz CT molecular complexity index is 266. The van der Waals surface area contributed by atoms with Crippen LogP contribution in [-0.2, 0) is 13.0 Å². The topological polar surface area (TPSA) is 29.0 Å². The first-order valence-corrected chi connectivity index (χ1v) is 5.73. The monoisotopic (exact) mass is 197 g/mol. The summed E-state index contributed by atoms with van der Waals surface area (Å²) < 4.78 is 0. The molecular formula is C9H15N3S. The molecule has 0 unspecified atom stereocenters. The van der Waals surface area contributed by atoms with Crippen molar-refractivity contribution in [2.24, 2.45) is 0 Å². The minimum Gasteiger partial charge on any atom is -0.297 e. The van der Waals surface area contributed by atoms with E-state index in [1.807, 2.05) is 0 Å². The normalized spacial score (nSPS) is 18.2. The van der Waals surface area contributed by atoms with Crippen molar-refractivity contribution in [2.75, 3.05) is 13.1 Å². The summed E-state index contributed by atoms with van der Waals surface area (Å²) >= 11 is 1.76. The van der Waals surface area contributed by atoms with Gasteiger partial charge in [-0.25, -0.2) is 0 Å². The summed E-state index contributed by atoms with van der Waals surface area (Å²) in [7, 11) is 0. The van der Waals surface area contributed by atoms with Gasteiger partial charge in [0.1, 0.15) is 10.0 Å². The Morgan fingerprint density at radius 2 is 1.92 bits per heavy atom. The second-order valence-corrected chi connectivity index (χ2v) is 4.57. The van der Waals surface area contributed by atoms with Crippen LogP contribution in [0.5, 0.6) is 0 Å². The highest BCUT2D eigenvalue weighted by atomic mass is 32.1. The van der Waals surface area contributed by atoms with Crippen LogP contribution in [0.4, 0.5) is 0 Å².